The van der Waals surface area contributed by atoms with E-state index in [0.29, 0.717) is 29.4 Å². The van der Waals surface area contributed by atoms with Crippen LogP contribution in [-0.2, 0) is 11.8 Å². The Morgan fingerprint density at radius 1 is 1.07 bits per heavy atom. The Labute approximate surface area is 235 Å². The topological polar surface area (TPSA) is 95.4 Å². The summed E-state index contributed by atoms with van der Waals surface area (Å²) in [5.74, 6) is 0.145. The lowest BCUT2D eigenvalue weighted by Gasteiger charge is -2.25. The van der Waals surface area contributed by atoms with E-state index in [1.54, 1.807) is 6.20 Å². The summed E-state index contributed by atoms with van der Waals surface area (Å²) in [6.07, 6.45) is 3.33. The van der Waals surface area contributed by atoms with Crippen LogP contribution in [0.3, 0.4) is 0 Å². The number of aromatic nitrogens is 3. The molecule has 0 radical (unpaired) electrons. The number of para-hydroxylation sites is 1. The molecule has 2 heterocycles. The highest BCUT2D eigenvalue weighted by Gasteiger charge is 2.22. The Bertz CT molecular complexity index is 1570. The van der Waals surface area contributed by atoms with Crippen LogP contribution in [0.25, 0.3) is 22.2 Å². The second-order valence-corrected chi connectivity index (χ2v) is 10.1. The molecule has 208 valence electrons. The van der Waals surface area contributed by atoms with E-state index < -0.39 is 0 Å². The Hall–Kier alpha value is -4.50. The number of anilines is 4. The maximum absolute atomic E-state index is 13.0. The molecule has 0 saturated heterocycles. The zero-order valence-electron chi connectivity index (χ0n) is 24.1. The van der Waals surface area contributed by atoms with Crippen molar-refractivity contribution in [2.24, 2.45) is 7.05 Å². The number of benzene rings is 2. The summed E-state index contributed by atoms with van der Waals surface area (Å²) >= 11 is 0. The number of hydrogen-bond donors (Lipinski definition) is 2. The van der Waals surface area contributed by atoms with Gasteiger partial charge in [-0.2, -0.15) is 0 Å². The minimum absolute atomic E-state index is 0.0502. The summed E-state index contributed by atoms with van der Waals surface area (Å²) in [4.78, 5) is 38.8. The summed E-state index contributed by atoms with van der Waals surface area (Å²) < 4.78 is 1.94. The number of ketones is 1. The van der Waals surface area contributed by atoms with Gasteiger partial charge in [-0.25, -0.2) is 9.97 Å². The predicted molar refractivity (Wildman–Crippen MR) is 164 cm³/mol. The molecule has 9 nitrogen and oxygen atoms in total. The molecule has 1 amide bonds. The molecule has 2 aromatic heterocycles. The second-order valence-electron chi connectivity index (χ2n) is 10.1. The molecular weight excluding hydrogens is 502 g/mol. The molecule has 2 N–H and O–H groups in total. The predicted octanol–water partition coefficient (Wildman–Crippen LogP) is 5.40. The Morgan fingerprint density at radius 2 is 1.82 bits per heavy atom. The van der Waals surface area contributed by atoms with E-state index in [1.165, 1.54) is 6.08 Å². The first kappa shape index (κ1) is 28.5. The molecular formula is C31H37N7O2. The molecule has 2 aromatic carbocycles. The van der Waals surface area contributed by atoms with Gasteiger partial charge in [0, 0.05) is 62.0 Å². The van der Waals surface area contributed by atoms with Gasteiger partial charge < -0.3 is 25.0 Å². The fraction of sp³-hybridized carbons (Fsp3) is 0.290. The summed E-state index contributed by atoms with van der Waals surface area (Å²) in [5, 5.41) is 7.23. The molecule has 40 heavy (non-hydrogen) atoms. The van der Waals surface area contributed by atoms with Gasteiger partial charge >= 0.3 is 0 Å². The molecule has 0 atom stereocenters. The SMILES string of the molecule is C=CC(=O)Nc1cc(Nc2nccc(-c3c(C(=O)CC)n(C)c4ccccc34)n2)c(C)cc1N(C)CCN(C)C. The zero-order chi connectivity index (χ0) is 29.0. The van der Waals surface area contributed by atoms with Gasteiger partial charge in [0.1, 0.15) is 0 Å². The van der Waals surface area contributed by atoms with E-state index >= 15 is 0 Å². The van der Waals surface area contributed by atoms with Crippen LogP contribution in [0.1, 0.15) is 29.4 Å². The molecule has 4 rings (SSSR count). The van der Waals surface area contributed by atoms with Gasteiger partial charge in [0.2, 0.25) is 11.9 Å². The van der Waals surface area contributed by atoms with Crippen molar-refractivity contribution in [2.45, 2.75) is 20.3 Å². The van der Waals surface area contributed by atoms with E-state index in [2.05, 4.69) is 32.0 Å². The van der Waals surface area contributed by atoms with Crippen LogP contribution in [0.15, 0.2) is 61.3 Å². The Morgan fingerprint density at radius 3 is 2.52 bits per heavy atom. The smallest absolute Gasteiger partial charge is 0.247 e. The number of likely N-dealkylation sites (N-methyl/N-ethyl adjacent to an activating group) is 2. The van der Waals surface area contributed by atoms with E-state index in [1.807, 2.05) is 89.1 Å². The van der Waals surface area contributed by atoms with Crippen molar-refractivity contribution < 1.29 is 9.59 Å². The average Bonchev–Trinajstić information content (AvgIpc) is 3.25. The van der Waals surface area contributed by atoms with Crippen LogP contribution in [0.2, 0.25) is 0 Å². The van der Waals surface area contributed by atoms with E-state index in [0.717, 1.165) is 46.5 Å². The van der Waals surface area contributed by atoms with Crippen LogP contribution in [0, 0.1) is 6.92 Å². The molecule has 0 aliphatic heterocycles. The van der Waals surface area contributed by atoms with Gasteiger partial charge in [0.25, 0.3) is 0 Å². The van der Waals surface area contributed by atoms with Crippen molar-refractivity contribution in [1.29, 1.82) is 0 Å². The minimum atomic E-state index is -0.292. The van der Waals surface area contributed by atoms with Crippen LogP contribution in [0.5, 0.6) is 0 Å². The van der Waals surface area contributed by atoms with Crippen LogP contribution >= 0.6 is 0 Å². The minimum Gasteiger partial charge on any atom is -0.372 e. The van der Waals surface area contributed by atoms with Crippen LogP contribution in [0.4, 0.5) is 23.0 Å². The molecule has 0 fully saturated rings. The van der Waals surface area contributed by atoms with Gasteiger partial charge in [0.15, 0.2) is 5.78 Å². The maximum atomic E-state index is 13.0. The quantitative estimate of drug-likeness (QED) is 0.195. The third-order valence-corrected chi connectivity index (χ3v) is 6.93. The maximum Gasteiger partial charge on any atom is 0.247 e. The van der Waals surface area contributed by atoms with Gasteiger partial charge in [-0.05, 0) is 56.9 Å². The number of aryl methyl sites for hydroxylation is 2. The number of amides is 1. The molecule has 0 aliphatic rings. The number of fused-ring (bicyclic) bond motifs is 1. The number of Topliss-reactive ketones (excluding diaryl/α,β-unsaturated/α-hetero) is 1. The van der Waals surface area contributed by atoms with Crippen LogP contribution < -0.4 is 15.5 Å². The van der Waals surface area contributed by atoms with Crippen molar-refractivity contribution in [2.75, 3.05) is 49.8 Å². The Kier molecular flexibility index (Phi) is 8.64. The van der Waals surface area contributed by atoms with Crippen molar-refractivity contribution in [1.82, 2.24) is 19.4 Å². The van der Waals surface area contributed by atoms with E-state index in [4.69, 9.17) is 4.98 Å². The summed E-state index contributed by atoms with van der Waals surface area (Å²) in [6, 6.07) is 13.7. The fourth-order valence-corrected chi connectivity index (χ4v) is 4.72. The first-order valence-corrected chi connectivity index (χ1v) is 13.3. The van der Waals surface area contributed by atoms with E-state index in [-0.39, 0.29) is 11.7 Å². The molecule has 0 bridgehead atoms. The normalized spacial score (nSPS) is 11.1. The largest absolute Gasteiger partial charge is 0.372 e. The lowest BCUT2D eigenvalue weighted by Crippen LogP contribution is -2.29. The second kappa shape index (κ2) is 12.1. The lowest BCUT2D eigenvalue weighted by atomic mass is 10.0. The number of rotatable bonds is 11. The average molecular weight is 540 g/mol. The molecule has 4 aromatic rings. The van der Waals surface area contributed by atoms with Crippen molar-refractivity contribution in [3.05, 3.63) is 72.6 Å². The summed E-state index contributed by atoms with van der Waals surface area (Å²) in [6.45, 7) is 9.10. The van der Waals surface area contributed by atoms with Crippen molar-refractivity contribution in [3.63, 3.8) is 0 Å². The summed E-state index contributed by atoms with van der Waals surface area (Å²) in [7, 11) is 7.97. The molecule has 9 heteroatoms. The first-order valence-electron chi connectivity index (χ1n) is 13.3. The van der Waals surface area contributed by atoms with Gasteiger partial charge in [0.05, 0.1) is 22.8 Å². The van der Waals surface area contributed by atoms with Crippen molar-refractivity contribution in [3.8, 4) is 11.3 Å². The highest BCUT2D eigenvalue weighted by molar-refractivity contribution is 6.10. The lowest BCUT2D eigenvalue weighted by molar-refractivity contribution is -0.111. The standard InChI is InChI=1S/C31H37N7O2/c1-8-27(39)30-29(21-12-10-11-13-25(21)38(30)7)22-14-15-32-31(34-22)35-23-19-24(33-28(40)9-2)26(18-20(23)3)37(6)17-16-36(4)5/h9-15,18-19H,2,8,16-17H2,1,3-7H3,(H,33,40)(H,32,34,35). The monoisotopic (exact) mass is 539 g/mol. The number of nitrogens with zero attached hydrogens (tertiary/aromatic N) is 5. The molecule has 0 saturated carbocycles. The third-order valence-electron chi connectivity index (χ3n) is 6.93. The van der Waals surface area contributed by atoms with Crippen molar-refractivity contribution >= 4 is 45.6 Å². The summed E-state index contributed by atoms with van der Waals surface area (Å²) in [5.41, 5.74) is 6.31. The van der Waals surface area contributed by atoms with Gasteiger partial charge in [-0.1, -0.05) is 31.7 Å². The highest BCUT2D eigenvalue weighted by atomic mass is 16.1. The molecule has 0 aliphatic carbocycles. The highest BCUT2D eigenvalue weighted by Crippen LogP contribution is 2.36. The first-order chi connectivity index (χ1) is 19.1. The molecule has 0 unspecified atom stereocenters. The van der Waals surface area contributed by atoms with Gasteiger partial charge in [-0.3, -0.25) is 9.59 Å². The van der Waals surface area contributed by atoms with Crippen LogP contribution in [-0.4, -0.2) is 65.4 Å². The fourth-order valence-electron chi connectivity index (χ4n) is 4.72. The number of carbonyl (C=O) groups is 2. The number of nitrogens with one attached hydrogen (secondary N) is 2. The number of hydrogen-bond acceptors (Lipinski definition) is 7. The molecule has 0 spiro atoms. The Balaban J connectivity index is 1.75. The zero-order valence-corrected chi connectivity index (χ0v) is 24.1. The number of carbonyl (C=O) groups excluding carboxylic acids is 2. The van der Waals surface area contributed by atoms with E-state index in [9.17, 15) is 9.59 Å². The third kappa shape index (κ3) is 5.89. The van der Waals surface area contributed by atoms with Gasteiger partial charge in [-0.15, -0.1) is 0 Å².